The summed E-state index contributed by atoms with van der Waals surface area (Å²) in [6.45, 7) is 5.39. The van der Waals surface area contributed by atoms with Crippen molar-refractivity contribution in [3.05, 3.63) is 47.5 Å². The minimum Gasteiger partial charge on any atom is -0.490 e. The maximum Gasteiger partial charge on any atom is 0.234 e. The highest BCUT2D eigenvalue weighted by molar-refractivity contribution is 7.99. The van der Waals surface area contributed by atoms with Crippen LogP contribution in [0.1, 0.15) is 26.3 Å². The molecule has 4 rings (SSSR count). The molecule has 0 spiro atoms. The van der Waals surface area contributed by atoms with E-state index in [0.29, 0.717) is 34.8 Å². The third-order valence-corrected chi connectivity index (χ3v) is 5.84. The second kappa shape index (κ2) is 9.62. The van der Waals surface area contributed by atoms with E-state index >= 15 is 0 Å². The molecule has 0 fully saturated rings. The normalized spacial score (nSPS) is 13.2. The molecule has 7 nitrogen and oxygen atoms in total. The fraction of sp³-hybridized carbons (Fsp3) is 0.318. The number of hydrogen-bond donors (Lipinski definition) is 1. The molecule has 0 saturated heterocycles. The van der Waals surface area contributed by atoms with Crippen LogP contribution in [0.25, 0.3) is 11.4 Å². The summed E-state index contributed by atoms with van der Waals surface area (Å²) in [5, 5.41) is 12.9. The zero-order valence-electron chi connectivity index (χ0n) is 17.3. The Kier molecular flexibility index (Phi) is 6.67. The van der Waals surface area contributed by atoms with Crippen LogP contribution in [0, 0.1) is 0 Å². The van der Waals surface area contributed by atoms with E-state index in [9.17, 15) is 4.79 Å². The van der Waals surface area contributed by atoms with Gasteiger partial charge < -0.3 is 14.8 Å². The van der Waals surface area contributed by atoms with Crippen molar-refractivity contribution in [1.82, 2.24) is 14.8 Å². The molecule has 0 aliphatic carbocycles. The van der Waals surface area contributed by atoms with Crippen molar-refractivity contribution in [3.8, 4) is 22.9 Å². The number of rotatable bonds is 6. The summed E-state index contributed by atoms with van der Waals surface area (Å²) >= 11 is 7.24. The Morgan fingerprint density at radius 1 is 1.13 bits per heavy atom. The lowest BCUT2D eigenvalue weighted by Crippen LogP contribution is -2.15. The first kappa shape index (κ1) is 21.5. The monoisotopic (exact) mass is 458 g/mol. The van der Waals surface area contributed by atoms with E-state index in [2.05, 4.69) is 29.4 Å². The molecule has 1 aliphatic heterocycles. The third kappa shape index (κ3) is 5.14. The van der Waals surface area contributed by atoms with Gasteiger partial charge >= 0.3 is 0 Å². The summed E-state index contributed by atoms with van der Waals surface area (Å²) in [5.74, 6) is 2.28. The number of amides is 1. The number of anilines is 1. The van der Waals surface area contributed by atoms with Gasteiger partial charge in [0, 0.05) is 28.7 Å². The number of benzene rings is 2. The summed E-state index contributed by atoms with van der Waals surface area (Å²) < 4.78 is 13.6. The average molecular weight is 459 g/mol. The van der Waals surface area contributed by atoms with Crippen molar-refractivity contribution in [3.63, 3.8) is 0 Å². The van der Waals surface area contributed by atoms with E-state index in [-0.39, 0.29) is 17.7 Å². The average Bonchev–Trinajstić information content (AvgIpc) is 3.04. The summed E-state index contributed by atoms with van der Waals surface area (Å²) in [5.41, 5.74) is 1.59. The highest BCUT2D eigenvalue weighted by Crippen LogP contribution is 2.35. The Labute approximate surface area is 190 Å². The van der Waals surface area contributed by atoms with E-state index < -0.39 is 0 Å². The van der Waals surface area contributed by atoms with E-state index in [1.165, 1.54) is 11.8 Å². The van der Waals surface area contributed by atoms with Crippen LogP contribution in [-0.2, 0) is 4.79 Å². The van der Waals surface area contributed by atoms with Gasteiger partial charge in [0.05, 0.1) is 19.0 Å². The molecule has 1 amide bonds. The number of carbonyl (C=O) groups is 1. The Morgan fingerprint density at radius 3 is 2.61 bits per heavy atom. The quantitative estimate of drug-likeness (QED) is 0.519. The van der Waals surface area contributed by atoms with Gasteiger partial charge in [0.25, 0.3) is 0 Å². The van der Waals surface area contributed by atoms with Gasteiger partial charge in [-0.05, 0) is 56.3 Å². The van der Waals surface area contributed by atoms with Crippen molar-refractivity contribution >= 4 is 35.0 Å². The van der Waals surface area contributed by atoms with Crippen molar-refractivity contribution in [1.29, 1.82) is 0 Å². The number of nitrogens with zero attached hydrogens (tertiary/aromatic N) is 3. The maximum absolute atomic E-state index is 12.4. The van der Waals surface area contributed by atoms with E-state index in [0.717, 1.165) is 23.6 Å². The summed E-state index contributed by atoms with van der Waals surface area (Å²) in [4.78, 5) is 12.4. The molecule has 0 unspecified atom stereocenters. The van der Waals surface area contributed by atoms with Crippen molar-refractivity contribution in [2.75, 3.05) is 24.3 Å². The molecule has 1 N–H and O–H groups in total. The SMILES string of the molecule is CC(C)n1c(SCC(=O)Nc2ccc(Cl)cc2)nnc1-c1ccc2c(c1)OCCCO2. The standard InChI is InChI=1S/C22H23ClN4O3S/c1-14(2)27-21(15-4-9-18-19(12-15)30-11-3-10-29-18)25-26-22(27)31-13-20(28)24-17-7-5-16(23)6-8-17/h4-9,12,14H,3,10-11,13H2,1-2H3,(H,24,28). The second-order valence-corrected chi connectivity index (χ2v) is 8.70. The van der Waals surface area contributed by atoms with E-state index in [4.69, 9.17) is 21.1 Å². The molecule has 0 saturated carbocycles. The first-order valence-corrected chi connectivity index (χ1v) is 11.4. The first-order valence-electron chi connectivity index (χ1n) is 10.0. The molecule has 31 heavy (non-hydrogen) atoms. The maximum atomic E-state index is 12.4. The van der Waals surface area contributed by atoms with Crippen LogP contribution in [-0.4, -0.2) is 39.6 Å². The smallest absolute Gasteiger partial charge is 0.234 e. The van der Waals surface area contributed by atoms with Gasteiger partial charge in [0.15, 0.2) is 22.5 Å². The molecule has 0 radical (unpaired) electrons. The number of aromatic nitrogens is 3. The Hall–Kier alpha value is -2.71. The fourth-order valence-corrected chi connectivity index (χ4v) is 4.19. The Balaban J connectivity index is 1.50. The Morgan fingerprint density at radius 2 is 1.87 bits per heavy atom. The second-order valence-electron chi connectivity index (χ2n) is 7.33. The predicted octanol–water partition coefficient (Wildman–Crippen LogP) is 5.07. The number of hydrogen-bond acceptors (Lipinski definition) is 6. The molecular weight excluding hydrogens is 436 g/mol. The highest BCUT2D eigenvalue weighted by Gasteiger charge is 2.20. The van der Waals surface area contributed by atoms with Gasteiger partial charge in [-0.25, -0.2) is 0 Å². The van der Waals surface area contributed by atoms with E-state index in [1.807, 2.05) is 22.8 Å². The number of nitrogens with one attached hydrogen (secondary N) is 1. The minimum atomic E-state index is -0.122. The van der Waals surface area contributed by atoms with Gasteiger partial charge in [-0.1, -0.05) is 23.4 Å². The highest BCUT2D eigenvalue weighted by atomic mass is 35.5. The molecule has 2 heterocycles. The van der Waals surface area contributed by atoms with Gasteiger partial charge in [-0.15, -0.1) is 10.2 Å². The molecule has 9 heteroatoms. The molecule has 1 aliphatic rings. The topological polar surface area (TPSA) is 78.3 Å². The molecule has 1 aromatic heterocycles. The van der Waals surface area contributed by atoms with Gasteiger partial charge in [-0.3, -0.25) is 9.36 Å². The summed E-state index contributed by atoms with van der Waals surface area (Å²) in [6.07, 6.45) is 0.852. The lowest BCUT2D eigenvalue weighted by molar-refractivity contribution is -0.113. The van der Waals surface area contributed by atoms with Gasteiger partial charge in [0.2, 0.25) is 5.91 Å². The van der Waals surface area contributed by atoms with Crippen LogP contribution in [0.4, 0.5) is 5.69 Å². The summed E-state index contributed by atoms with van der Waals surface area (Å²) in [6, 6.07) is 12.9. The van der Waals surface area contributed by atoms with Crippen molar-refractivity contribution in [2.45, 2.75) is 31.5 Å². The lowest BCUT2D eigenvalue weighted by atomic mass is 10.2. The number of thioether (sulfide) groups is 1. The third-order valence-electron chi connectivity index (χ3n) is 4.65. The Bertz CT molecular complexity index is 1070. The van der Waals surface area contributed by atoms with Crippen LogP contribution in [0.5, 0.6) is 11.5 Å². The number of ether oxygens (including phenoxy) is 2. The van der Waals surface area contributed by atoms with Crippen molar-refractivity contribution < 1.29 is 14.3 Å². The molecule has 162 valence electrons. The van der Waals surface area contributed by atoms with Crippen LogP contribution in [0.3, 0.4) is 0 Å². The minimum absolute atomic E-state index is 0.114. The van der Waals surface area contributed by atoms with Crippen LogP contribution in [0.15, 0.2) is 47.6 Å². The van der Waals surface area contributed by atoms with Crippen LogP contribution in [0.2, 0.25) is 5.02 Å². The van der Waals surface area contributed by atoms with Gasteiger partial charge in [-0.2, -0.15) is 0 Å². The molecule has 0 atom stereocenters. The number of halogens is 1. The number of carbonyl (C=O) groups excluding carboxylic acids is 1. The largest absolute Gasteiger partial charge is 0.490 e. The number of fused-ring (bicyclic) bond motifs is 1. The van der Waals surface area contributed by atoms with Crippen LogP contribution < -0.4 is 14.8 Å². The van der Waals surface area contributed by atoms with Crippen LogP contribution >= 0.6 is 23.4 Å². The molecule has 3 aromatic rings. The molecular formula is C22H23ClN4O3S. The lowest BCUT2D eigenvalue weighted by Gasteiger charge is -2.15. The van der Waals surface area contributed by atoms with E-state index in [1.54, 1.807) is 24.3 Å². The molecule has 2 aromatic carbocycles. The predicted molar refractivity (Wildman–Crippen MR) is 122 cm³/mol. The first-order chi connectivity index (χ1) is 15.0. The van der Waals surface area contributed by atoms with Gasteiger partial charge in [0.1, 0.15) is 0 Å². The van der Waals surface area contributed by atoms with Crippen molar-refractivity contribution in [2.24, 2.45) is 0 Å². The fourth-order valence-electron chi connectivity index (χ4n) is 3.20. The summed E-state index contributed by atoms with van der Waals surface area (Å²) in [7, 11) is 0. The molecule has 0 bridgehead atoms. The zero-order chi connectivity index (χ0) is 21.8. The zero-order valence-corrected chi connectivity index (χ0v) is 18.9.